The van der Waals surface area contributed by atoms with Gasteiger partial charge in [0.05, 0.1) is 18.1 Å². The Morgan fingerprint density at radius 1 is 1.40 bits per heavy atom. The fraction of sp³-hybridized carbons (Fsp3) is 0.429. The zero-order valence-electron chi connectivity index (χ0n) is 11.5. The zero-order valence-corrected chi connectivity index (χ0v) is 12.2. The third-order valence-corrected chi connectivity index (χ3v) is 3.33. The summed E-state index contributed by atoms with van der Waals surface area (Å²) in [6.07, 6.45) is 0.369. The number of hydrogen-bond acceptors (Lipinski definition) is 3. The summed E-state index contributed by atoms with van der Waals surface area (Å²) in [4.78, 5) is 22.8. The number of para-hydroxylation sites is 1. The fourth-order valence-corrected chi connectivity index (χ4v) is 1.67. The molecule has 0 aromatic heterocycles. The van der Waals surface area contributed by atoms with Crippen molar-refractivity contribution >= 4 is 23.5 Å². The van der Waals surface area contributed by atoms with E-state index < -0.39 is 11.5 Å². The number of carbonyl (C=O) groups is 2. The van der Waals surface area contributed by atoms with E-state index >= 15 is 0 Å². The maximum absolute atomic E-state index is 11.7. The topological polar surface area (TPSA) is 75.6 Å². The number of nitrogens with one attached hydrogen (secondary N) is 1. The van der Waals surface area contributed by atoms with Crippen LogP contribution in [0.15, 0.2) is 24.3 Å². The normalized spacial score (nSPS) is 13.3. The molecule has 0 aliphatic heterocycles. The van der Waals surface area contributed by atoms with E-state index in [0.717, 1.165) is 0 Å². The van der Waals surface area contributed by atoms with Crippen molar-refractivity contribution < 1.29 is 19.4 Å². The Morgan fingerprint density at radius 2 is 2.05 bits per heavy atom. The molecule has 1 amide bonds. The van der Waals surface area contributed by atoms with Crippen LogP contribution in [0.1, 0.15) is 26.7 Å². The molecule has 1 aromatic carbocycles. The molecule has 1 unspecified atom stereocenters. The highest BCUT2D eigenvalue weighted by atomic mass is 35.5. The molecule has 0 saturated carbocycles. The lowest BCUT2D eigenvalue weighted by atomic mass is 9.99. The smallest absolute Gasteiger partial charge is 0.329 e. The van der Waals surface area contributed by atoms with E-state index in [1.54, 1.807) is 31.2 Å². The number of ether oxygens (including phenoxy) is 1. The van der Waals surface area contributed by atoms with Crippen molar-refractivity contribution in [3.63, 3.8) is 0 Å². The van der Waals surface area contributed by atoms with Gasteiger partial charge in [-0.05, 0) is 25.5 Å². The van der Waals surface area contributed by atoms with E-state index in [9.17, 15) is 9.59 Å². The number of hydrogen-bond donors (Lipinski definition) is 2. The van der Waals surface area contributed by atoms with Crippen LogP contribution in [0.3, 0.4) is 0 Å². The molecule has 1 rings (SSSR count). The van der Waals surface area contributed by atoms with Gasteiger partial charge in [-0.25, -0.2) is 4.79 Å². The average Bonchev–Trinajstić information content (AvgIpc) is 2.40. The minimum atomic E-state index is -1.25. The van der Waals surface area contributed by atoms with Crippen molar-refractivity contribution in [2.24, 2.45) is 0 Å². The van der Waals surface area contributed by atoms with Crippen LogP contribution < -0.4 is 10.1 Å². The molecular formula is C14H18ClNO4. The molecule has 2 N–H and O–H groups in total. The molecule has 0 saturated heterocycles. The second-order valence-electron chi connectivity index (χ2n) is 4.57. The van der Waals surface area contributed by atoms with E-state index in [-0.39, 0.29) is 18.9 Å². The minimum absolute atomic E-state index is 0.0636. The Morgan fingerprint density at radius 3 is 2.60 bits per heavy atom. The Bertz CT molecular complexity index is 492. The number of rotatable bonds is 7. The lowest BCUT2D eigenvalue weighted by Crippen LogP contribution is -2.51. The molecule has 1 atom stereocenters. The van der Waals surface area contributed by atoms with Gasteiger partial charge >= 0.3 is 5.97 Å². The van der Waals surface area contributed by atoms with Crippen molar-refractivity contribution in [1.29, 1.82) is 0 Å². The standard InChI is InChI=1S/C14H18ClNO4/c1-3-14(2,13(18)19)16-12(17)8-9-20-11-7-5-4-6-10(11)15/h4-7H,3,8-9H2,1-2H3,(H,16,17)(H,18,19). The number of benzene rings is 1. The van der Waals surface area contributed by atoms with Crippen LogP contribution in [0, 0.1) is 0 Å². The first kappa shape index (κ1) is 16.3. The molecule has 0 fully saturated rings. The lowest BCUT2D eigenvalue weighted by molar-refractivity contribution is -0.147. The van der Waals surface area contributed by atoms with E-state index in [1.807, 2.05) is 0 Å². The van der Waals surface area contributed by atoms with Crippen molar-refractivity contribution in [1.82, 2.24) is 5.32 Å². The monoisotopic (exact) mass is 299 g/mol. The number of amides is 1. The van der Waals surface area contributed by atoms with Gasteiger partial charge in [-0.1, -0.05) is 30.7 Å². The van der Waals surface area contributed by atoms with E-state index in [1.165, 1.54) is 6.92 Å². The van der Waals surface area contributed by atoms with Gasteiger partial charge in [-0.15, -0.1) is 0 Å². The van der Waals surface area contributed by atoms with Crippen LogP contribution in [0.25, 0.3) is 0 Å². The van der Waals surface area contributed by atoms with Crippen LogP contribution in [0.2, 0.25) is 5.02 Å². The van der Waals surface area contributed by atoms with Gasteiger partial charge in [-0.3, -0.25) is 4.79 Å². The van der Waals surface area contributed by atoms with Gasteiger partial charge < -0.3 is 15.2 Å². The van der Waals surface area contributed by atoms with Crippen LogP contribution in [0.5, 0.6) is 5.75 Å². The predicted molar refractivity (Wildman–Crippen MR) is 76.0 cm³/mol. The molecule has 6 heteroatoms. The maximum atomic E-state index is 11.7. The lowest BCUT2D eigenvalue weighted by Gasteiger charge is -2.24. The second-order valence-corrected chi connectivity index (χ2v) is 4.98. The third-order valence-electron chi connectivity index (χ3n) is 3.02. The summed E-state index contributed by atoms with van der Waals surface area (Å²) < 4.78 is 5.38. The quantitative estimate of drug-likeness (QED) is 0.811. The van der Waals surface area contributed by atoms with Gasteiger partial charge in [0.25, 0.3) is 0 Å². The van der Waals surface area contributed by atoms with Crippen LogP contribution in [-0.2, 0) is 9.59 Å². The SMILES string of the molecule is CCC(C)(NC(=O)CCOc1ccccc1Cl)C(=O)O. The van der Waals surface area contributed by atoms with Crippen molar-refractivity contribution in [3.05, 3.63) is 29.3 Å². The van der Waals surface area contributed by atoms with Crippen LogP contribution in [0.4, 0.5) is 0 Å². The van der Waals surface area contributed by atoms with E-state index in [0.29, 0.717) is 17.2 Å². The van der Waals surface area contributed by atoms with Gasteiger partial charge in [0.2, 0.25) is 5.91 Å². The Labute approximate surface area is 122 Å². The Kier molecular flexibility index (Phi) is 5.82. The molecule has 20 heavy (non-hydrogen) atoms. The number of carboxylic acids is 1. The first-order valence-corrected chi connectivity index (χ1v) is 6.68. The average molecular weight is 300 g/mol. The van der Waals surface area contributed by atoms with Crippen LogP contribution in [-0.4, -0.2) is 29.1 Å². The Balaban J connectivity index is 2.45. The van der Waals surface area contributed by atoms with Crippen LogP contribution >= 0.6 is 11.6 Å². The van der Waals surface area contributed by atoms with Crippen molar-refractivity contribution in [2.45, 2.75) is 32.2 Å². The van der Waals surface area contributed by atoms with Gasteiger partial charge in [0.1, 0.15) is 11.3 Å². The summed E-state index contributed by atoms with van der Waals surface area (Å²) in [7, 11) is 0. The highest BCUT2D eigenvalue weighted by Crippen LogP contribution is 2.23. The molecule has 0 bridgehead atoms. The highest BCUT2D eigenvalue weighted by molar-refractivity contribution is 6.32. The molecule has 0 radical (unpaired) electrons. The van der Waals surface area contributed by atoms with E-state index in [2.05, 4.69) is 5.32 Å². The molecule has 0 aliphatic rings. The molecule has 1 aromatic rings. The van der Waals surface area contributed by atoms with Crippen molar-refractivity contribution in [2.75, 3.05) is 6.61 Å². The third kappa shape index (κ3) is 4.42. The Hall–Kier alpha value is -1.75. The first-order chi connectivity index (χ1) is 9.39. The number of carbonyl (C=O) groups excluding carboxylic acids is 1. The summed E-state index contributed by atoms with van der Waals surface area (Å²) in [5.74, 6) is -0.928. The molecule has 5 nitrogen and oxygen atoms in total. The van der Waals surface area contributed by atoms with E-state index in [4.69, 9.17) is 21.4 Å². The number of aliphatic carboxylic acids is 1. The number of carboxylic acid groups (broad SMARTS) is 1. The predicted octanol–water partition coefficient (Wildman–Crippen LogP) is 2.48. The molecule has 0 spiro atoms. The van der Waals surface area contributed by atoms with Crippen molar-refractivity contribution in [3.8, 4) is 5.75 Å². The zero-order chi connectivity index (χ0) is 15.2. The fourth-order valence-electron chi connectivity index (χ4n) is 1.48. The molecular weight excluding hydrogens is 282 g/mol. The number of halogens is 1. The van der Waals surface area contributed by atoms with Gasteiger partial charge in [0.15, 0.2) is 0 Å². The largest absolute Gasteiger partial charge is 0.491 e. The summed E-state index contributed by atoms with van der Waals surface area (Å²) in [5.41, 5.74) is -1.25. The molecule has 0 aliphatic carbocycles. The highest BCUT2D eigenvalue weighted by Gasteiger charge is 2.32. The second kappa shape index (κ2) is 7.14. The summed E-state index contributed by atoms with van der Waals surface area (Å²) in [6.45, 7) is 3.31. The maximum Gasteiger partial charge on any atom is 0.329 e. The summed E-state index contributed by atoms with van der Waals surface area (Å²) >= 11 is 5.91. The summed E-state index contributed by atoms with van der Waals surface area (Å²) in [6, 6.07) is 6.95. The van der Waals surface area contributed by atoms with Gasteiger partial charge in [-0.2, -0.15) is 0 Å². The minimum Gasteiger partial charge on any atom is -0.491 e. The molecule has 0 heterocycles. The first-order valence-electron chi connectivity index (χ1n) is 6.31. The molecule has 110 valence electrons. The summed E-state index contributed by atoms with van der Waals surface area (Å²) in [5, 5.41) is 12.0. The van der Waals surface area contributed by atoms with Gasteiger partial charge in [0, 0.05) is 0 Å².